The molecule has 2 rings (SSSR count). The molecule has 1 saturated carbocycles. The fourth-order valence-electron chi connectivity index (χ4n) is 3.28. The topological polar surface area (TPSA) is 72.5 Å². The number of nitrogens with one attached hydrogen (secondary N) is 1. The van der Waals surface area contributed by atoms with Crippen molar-refractivity contribution in [2.45, 2.75) is 62.4 Å². The zero-order chi connectivity index (χ0) is 17.6. The van der Waals surface area contributed by atoms with Crippen molar-refractivity contribution in [3.63, 3.8) is 0 Å². The maximum Gasteiger partial charge on any atom is 0.307 e. The minimum Gasteiger partial charge on any atom is -0.466 e. The number of sulfone groups is 1. The molecule has 1 fully saturated rings. The van der Waals surface area contributed by atoms with E-state index in [9.17, 15) is 13.2 Å². The Labute approximate surface area is 144 Å². The second-order valence-corrected chi connectivity index (χ2v) is 8.61. The lowest BCUT2D eigenvalue weighted by atomic mass is 9.79. The van der Waals surface area contributed by atoms with E-state index in [-0.39, 0.29) is 11.5 Å². The van der Waals surface area contributed by atoms with E-state index in [0.717, 1.165) is 31.2 Å². The number of hydrogen-bond donors (Lipinski definition) is 1. The molecule has 0 heterocycles. The first-order valence-corrected chi connectivity index (χ1v) is 10.4. The second-order valence-electron chi connectivity index (χ2n) is 6.59. The van der Waals surface area contributed by atoms with Crippen LogP contribution in [0.5, 0.6) is 0 Å². The molecule has 1 aromatic carbocycles. The lowest BCUT2D eigenvalue weighted by molar-refractivity contribution is -0.145. The number of carbonyl (C=O) groups excluding carboxylic acids is 1. The van der Waals surface area contributed by atoms with Crippen LogP contribution in [-0.2, 0) is 25.9 Å². The van der Waals surface area contributed by atoms with Gasteiger partial charge in [0.2, 0.25) is 0 Å². The van der Waals surface area contributed by atoms with Gasteiger partial charge in [0.1, 0.15) is 0 Å². The molecule has 6 heteroatoms. The summed E-state index contributed by atoms with van der Waals surface area (Å²) >= 11 is 0. The molecule has 0 aliphatic heterocycles. The van der Waals surface area contributed by atoms with E-state index in [1.165, 1.54) is 12.7 Å². The van der Waals surface area contributed by atoms with Crippen LogP contribution in [0.1, 0.15) is 51.0 Å². The summed E-state index contributed by atoms with van der Waals surface area (Å²) in [6.45, 7) is 2.84. The Morgan fingerprint density at radius 2 is 1.79 bits per heavy atom. The van der Waals surface area contributed by atoms with E-state index >= 15 is 0 Å². The molecule has 134 valence electrons. The summed E-state index contributed by atoms with van der Waals surface area (Å²) in [5, 5.41) is 3.55. The van der Waals surface area contributed by atoms with Gasteiger partial charge in [-0.2, -0.15) is 0 Å². The predicted octanol–water partition coefficient (Wildman–Crippen LogP) is 2.84. The summed E-state index contributed by atoms with van der Waals surface area (Å²) in [7, 11) is -3.17. The highest BCUT2D eigenvalue weighted by Gasteiger charge is 2.34. The third kappa shape index (κ3) is 5.31. The van der Waals surface area contributed by atoms with E-state index in [1.807, 2.05) is 19.1 Å². The first-order valence-electron chi connectivity index (χ1n) is 8.54. The highest BCUT2D eigenvalue weighted by Crippen LogP contribution is 2.32. The smallest absolute Gasteiger partial charge is 0.307 e. The van der Waals surface area contributed by atoms with Crippen LogP contribution >= 0.6 is 0 Å². The lowest BCUT2D eigenvalue weighted by Gasteiger charge is -2.37. The quantitative estimate of drug-likeness (QED) is 0.763. The predicted molar refractivity (Wildman–Crippen MR) is 93.5 cm³/mol. The van der Waals surface area contributed by atoms with Crippen molar-refractivity contribution in [1.82, 2.24) is 5.32 Å². The van der Waals surface area contributed by atoms with Gasteiger partial charge in [-0.25, -0.2) is 8.42 Å². The van der Waals surface area contributed by atoms with Gasteiger partial charge in [-0.1, -0.05) is 31.4 Å². The average Bonchev–Trinajstić information content (AvgIpc) is 2.54. The molecule has 1 aliphatic rings. The molecule has 24 heavy (non-hydrogen) atoms. The Hall–Kier alpha value is -1.40. The highest BCUT2D eigenvalue weighted by atomic mass is 32.2. The zero-order valence-corrected chi connectivity index (χ0v) is 15.3. The molecule has 1 aromatic rings. The molecular weight excluding hydrogens is 326 g/mol. The van der Waals surface area contributed by atoms with Gasteiger partial charge in [-0.3, -0.25) is 4.79 Å². The Morgan fingerprint density at radius 3 is 2.33 bits per heavy atom. The van der Waals surface area contributed by atoms with Gasteiger partial charge in [0, 0.05) is 18.3 Å². The van der Waals surface area contributed by atoms with E-state index in [1.54, 1.807) is 12.1 Å². The normalized spacial score (nSPS) is 17.4. The number of esters is 1. The Balaban J connectivity index is 2.03. The van der Waals surface area contributed by atoms with Crippen molar-refractivity contribution in [2.24, 2.45) is 0 Å². The van der Waals surface area contributed by atoms with Crippen molar-refractivity contribution in [2.75, 3.05) is 12.9 Å². The summed E-state index contributed by atoms with van der Waals surface area (Å²) < 4.78 is 28.2. The minimum absolute atomic E-state index is 0.153. The maximum atomic E-state index is 12.0. The molecule has 0 atom stereocenters. The molecule has 0 unspecified atom stereocenters. The molecule has 5 nitrogen and oxygen atoms in total. The van der Waals surface area contributed by atoms with Gasteiger partial charge >= 0.3 is 5.97 Å². The van der Waals surface area contributed by atoms with Crippen LogP contribution in [-0.4, -0.2) is 32.8 Å². The van der Waals surface area contributed by atoms with E-state index in [0.29, 0.717) is 24.5 Å². The molecule has 0 saturated heterocycles. The van der Waals surface area contributed by atoms with E-state index in [4.69, 9.17) is 4.74 Å². The van der Waals surface area contributed by atoms with Gasteiger partial charge in [-0.15, -0.1) is 0 Å². The van der Waals surface area contributed by atoms with Crippen molar-refractivity contribution < 1.29 is 17.9 Å². The summed E-state index contributed by atoms with van der Waals surface area (Å²) in [4.78, 5) is 12.3. The van der Waals surface area contributed by atoms with Crippen LogP contribution in [0.4, 0.5) is 0 Å². The first kappa shape index (κ1) is 18.9. The van der Waals surface area contributed by atoms with Crippen LogP contribution < -0.4 is 5.32 Å². The third-order valence-corrected chi connectivity index (χ3v) is 5.75. The fourth-order valence-corrected chi connectivity index (χ4v) is 3.91. The summed E-state index contributed by atoms with van der Waals surface area (Å²) in [6, 6.07) is 6.91. The zero-order valence-electron chi connectivity index (χ0n) is 14.5. The Bertz CT molecular complexity index is 646. The fraction of sp³-hybridized carbons (Fsp3) is 0.611. The molecule has 0 bridgehead atoms. The van der Waals surface area contributed by atoms with Crippen molar-refractivity contribution in [3.05, 3.63) is 29.8 Å². The van der Waals surface area contributed by atoms with Gasteiger partial charge in [-0.05, 0) is 37.5 Å². The number of rotatable bonds is 7. The second kappa shape index (κ2) is 8.12. The molecule has 1 N–H and O–H groups in total. The van der Waals surface area contributed by atoms with E-state index < -0.39 is 9.84 Å². The van der Waals surface area contributed by atoms with Gasteiger partial charge in [0.15, 0.2) is 9.84 Å². The number of carbonyl (C=O) groups is 1. The monoisotopic (exact) mass is 353 g/mol. The average molecular weight is 353 g/mol. The van der Waals surface area contributed by atoms with Gasteiger partial charge in [0.05, 0.1) is 17.9 Å². The van der Waals surface area contributed by atoms with Crippen molar-refractivity contribution in [1.29, 1.82) is 0 Å². The molecule has 0 aromatic heterocycles. The largest absolute Gasteiger partial charge is 0.466 e. The number of hydrogen-bond acceptors (Lipinski definition) is 5. The Kier molecular flexibility index (Phi) is 6.40. The SMILES string of the molecule is CCOC(=O)CC1(NCc2ccc(S(C)(=O)=O)cc2)CCCCC1. The van der Waals surface area contributed by atoms with Crippen LogP contribution in [0.3, 0.4) is 0 Å². The standard InChI is InChI=1S/C18H27NO4S/c1-3-23-17(20)13-18(11-5-4-6-12-18)19-14-15-7-9-16(10-8-15)24(2,21)22/h7-10,19H,3-6,11-14H2,1-2H3. The molecular formula is C18H27NO4S. The summed E-state index contributed by atoms with van der Waals surface area (Å²) in [5.74, 6) is -0.153. The maximum absolute atomic E-state index is 12.0. The van der Waals surface area contributed by atoms with Crippen LogP contribution in [0, 0.1) is 0 Å². The van der Waals surface area contributed by atoms with Gasteiger partial charge < -0.3 is 10.1 Å². The molecule has 0 radical (unpaired) electrons. The third-order valence-electron chi connectivity index (χ3n) is 4.62. The number of benzene rings is 1. The van der Waals surface area contributed by atoms with Crippen LogP contribution in [0.2, 0.25) is 0 Å². The molecule has 0 amide bonds. The van der Waals surface area contributed by atoms with Gasteiger partial charge in [0.25, 0.3) is 0 Å². The van der Waals surface area contributed by atoms with Crippen LogP contribution in [0.15, 0.2) is 29.2 Å². The highest BCUT2D eigenvalue weighted by molar-refractivity contribution is 7.90. The number of ether oxygens (including phenoxy) is 1. The Morgan fingerprint density at radius 1 is 1.17 bits per heavy atom. The molecule has 0 spiro atoms. The molecule has 1 aliphatic carbocycles. The summed E-state index contributed by atoms with van der Waals surface area (Å²) in [6.07, 6.45) is 6.95. The first-order chi connectivity index (χ1) is 11.3. The summed E-state index contributed by atoms with van der Waals surface area (Å²) in [5.41, 5.74) is 0.802. The van der Waals surface area contributed by atoms with Crippen molar-refractivity contribution in [3.8, 4) is 0 Å². The van der Waals surface area contributed by atoms with Crippen molar-refractivity contribution >= 4 is 15.8 Å². The van der Waals surface area contributed by atoms with E-state index in [2.05, 4.69) is 5.32 Å². The lowest BCUT2D eigenvalue weighted by Crippen LogP contribution is -2.48. The van der Waals surface area contributed by atoms with Crippen LogP contribution in [0.25, 0.3) is 0 Å². The minimum atomic E-state index is -3.17.